The number of azo groups is 1. The van der Waals surface area contributed by atoms with Crippen LogP contribution in [0.2, 0.25) is 0 Å². The molecule has 0 aromatic heterocycles. The smallest absolute Gasteiger partial charge is 0.180 e. The molecule has 2 N–H and O–H groups in total. The topological polar surface area (TPSA) is 98.3 Å². The summed E-state index contributed by atoms with van der Waals surface area (Å²) in [4.78, 5) is 0. The first kappa shape index (κ1) is 8.38. The fraction of sp³-hybridized carbons (Fsp3) is 0.429. The van der Waals surface area contributed by atoms with Gasteiger partial charge in [0.2, 0.25) is 0 Å². The van der Waals surface area contributed by atoms with Gasteiger partial charge in [0.25, 0.3) is 0 Å². The largest absolute Gasteiger partial charge is 0.301 e. The molecule has 1 rings (SSSR count). The van der Waals surface area contributed by atoms with Crippen LogP contribution in [0.5, 0.6) is 0 Å². The fourth-order valence-corrected chi connectivity index (χ4v) is 0.920. The highest BCUT2D eigenvalue weighted by Gasteiger charge is 2.35. The van der Waals surface area contributed by atoms with Crippen LogP contribution in [0.25, 0.3) is 0 Å². The minimum atomic E-state index is -1.07. The molecule has 0 bridgehead atoms. The van der Waals surface area contributed by atoms with Crippen molar-refractivity contribution >= 4 is 0 Å². The van der Waals surface area contributed by atoms with Crippen LogP contribution < -0.4 is 5.73 Å². The van der Waals surface area contributed by atoms with Crippen molar-refractivity contribution in [2.24, 2.45) is 16.0 Å². The Labute approximate surface area is 69.8 Å². The van der Waals surface area contributed by atoms with Crippen LogP contribution in [-0.4, -0.2) is 5.66 Å². The van der Waals surface area contributed by atoms with Gasteiger partial charge in [-0.1, -0.05) is 6.92 Å². The van der Waals surface area contributed by atoms with E-state index < -0.39 is 5.66 Å². The molecule has 0 aromatic carbocycles. The second-order valence-corrected chi connectivity index (χ2v) is 2.43. The molecule has 0 fully saturated rings. The van der Waals surface area contributed by atoms with Crippen molar-refractivity contribution in [2.75, 3.05) is 0 Å². The molecule has 0 saturated carbocycles. The van der Waals surface area contributed by atoms with Gasteiger partial charge in [0.15, 0.2) is 11.4 Å². The van der Waals surface area contributed by atoms with Gasteiger partial charge in [-0.2, -0.15) is 15.6 Å². The molecule has 0 saturated heterocycles. The molecule has 1 unspecified atom stereocenters. The Bertz CT molecular complexity index is 340. The first-order valence-corrected chi connectivity index (χ1v) is 3.44. The molecule has 1 aliphatic heterocycles. The number of nitriles is 2. The molecule has 0 radical (unpaired) electrons. The van der Waals surface area contributed by atoms with Gasteiger partial charge in [-0.05, 0) is 6.42 Å². The summed E-state index contributed by atoms with van der Waals surface area (Å²) in [5, 5.41) is 24.4. The lowest BCUT2D eigenvalue weighted by atomic mass is 9.99. The number of hydrogen-bond acceptors (Lipinski definition) is 5. The lowest BCUT2D eigenvalue weighted by molar-refractivity contribution is 0.512. The van der Waals surface area contributed by atoms with Gasteiger partial charge in [-0.25, -0.2) is 0 Å². The van der Waals surface area contributed by atoms with Gasteiger partial charge in [0.1, 0.15) is 17.7 Å². The highest BCUT2D eigenvalue weighted by atomic mass is 15.3. The summed E-state index contributed by atoms with van der Waals surface area (Å²) in [7, 11) is 0. The van der Waals surface area contributed by atoms with Gasteiger partial charge in [-0.3, -0.25) is 0 Å². The molecule has 0 aromatic rings. The third kappa shape index (κ3) is 0.969. The van der Waals surface area contributed by atoms with Gasteiger partial charge < -0.3 is 5.73 Å². The molecule has 5 nitrogen and oxygen atoms in total. The summed E-state index contributed by atoms with van der Waals surface area (Å²) in [5.41, 5.74) is 4.81. The molecule has 1 heterocycles. The van der Waals surface area contributed by atoms with Crippen LogP contribution in [0.15, 0.2) is 21.5 Å². The van der Waals surface area contributed by atoms with Crippen LogP contribution in [-0.2, 0) is 0 Å². The Hall–Kier alpha value is -1.72. The normalized spacial score (nSPS) is 27.0. The van der Waals surface area contributed by atoms with E-state index in [1.54, 1.807) is 13.0 Å². The summed E-state index contributed by atoms with van der Waals surface area (Å²) in [6.07, 6.45) is 0.463. The van der Waals surface area contributed by atoms with Gasteiger partial charge in [-0.15, -0.1) is 5.11 Å². The van der Waals surface area contributed by atoms with Crippen molar-refractivity contribution in [3.8, 4) is 12.1 Å². The molecule has 12 heavy (non-hydrogen) atoms. The van der Waals surface area contributed by atoms with Crippen LogP contribution in [0.1, 0.15) is 13.3 Å². The Morgan fingerprint density at radius 1 is 1.50 bits per heavy atom. The van der Waals surface area contributed by atoms with Crippen molar-refractivity contribution in [1.82, 2.24) is 0 Å². The fourth-order valence-electron chi connectivity index (χ4n) is 0.920. The van der Waals surface area contributed by atoms with E-state index in [0.717, 1.165) is 0 Å². The van der Waals surface area contributed by atoms with E-state index in [2.05, 4.69) is 10.2 Å². The van der Waals surface area contributed by atoms with Crippen LogP contribution in [0, 0.1) is 22.7 Å². The van der Waals surface area contributed by atoms with E-state index in [1.165, 1.54) is 0 Å². The molecule has 5 heteroatoms. The zero-order chi connectivity index (χ0) is 9.19. The summed E-state index contributed by atoms with van der Waals surface area (Å²) in [5.74, 6) is 0. The van der Waals surface area contributed by atoms with E-state index >= 15 is 0 Å². The van der Waals surface area contributed by atoms with Gasteiger partial charge in [0.05, 0.1) is 0 Å². The number of rotatable bonds is 1. The molecular formula is C7H7N5. The summed E-state index contributed by atoms with van der Waals surface area (Å²) < 4.78 is 0. The Kier molecular flexibility index (Phi) is 1.90. The Morgan fingerprint density at radius 3 is 2.58 bits per heavy atom. The van der Waals surface area contributed by atoms with Gasteiger partial charge in [0, 0.05) is 0 Å². The van der Waals surface area contributed by atoms with Crippen molar-refractivity contribution in [2.45, 2.75) is 19.0 Å². The quantitative estimate of drug-likeness (QED) is 0.616. The maximum atomic E-state index is 8.68. The van der Waals surface area contributed by atoms with E-state index in [9.17, 15) is 0 Å². The first-order chi connectivity index (χ1) is 5.68. The predicted octanol–water partition coefficient (Wildman–Crippen LogP) is 0.818. The summed E-state index contributed by atoms with van der Waals surface area (Å²) >= 11 is 0. The Balaban J connectivity index is 3.20. The van der Waals surface area contributed by atoms with E-state index in [0.29, 0.717) is 6.42 Å². The second kappa shape index (κ2) is 2.72. The molecule has 0 amide bonds. The molecule has 60 valence electrons. The van der Waals surface area contributed by atoms with Crippen LogP contribution in [0.4, 0.5) is 0 Å². The number of hydrogen-bond donors (Lipinski definition) is 1. The predicted molar refractivity (Wildman–Crippen MR) is 40.3 cm³/mol. The molecule has 1 aliphatic rings. The molecule has 0 spiro atoms. The lowest BCUT2D eigenvalue weighted by Crippen LogP contribution is -2.36. The minimum Gasteiger partial charge on any atom is -0.301 e. The maximum Gasteiger partial charge on any atom is 0.180 e. The standard InChI is InChI=1S/C7H7N5/c1-2-7(10)5(3-8)6(4-9)11-12-7/h2,10H2,1H3. The average Bonchev–Trinajstić information content (AvgIpc) is 2.43. The summed E-state index contributed by atoms with van der Waals surface area (Å²) in [6, 6.07) is 3.62. The third-order valence-electron chi connectivity index (χ3n) is 1.75. The third-order valence-corrected chi connectivity index (χ3v) is 1.75. The average molecular weight is 161 g/mol. The number of nitrogens with two attached hydrogens (primary N) is 1. The van der Waals surface area contributed by atoms with Crippen molar-refractivity contribution in [3.63, 3.8) is 0 Å². The zero-order valence-corrected chi connectivity index (χ0v) is 6.57. The SMILES string of the molecule is CCC1(N)N=NC(C#N)=C1C#N. The van der Waals surface area contributed by atoms with Gasteiger partial charge >= 0.3 is 0 Å². The first-order valence-electron chi connectivity index (χ1n) is 3.44. The number of allylic oxidation sites excluding steroid dienone is 1. The monoisotopic (exact) mass is 161 g/mol. The number of nitrogens with zero attached hydrogens (tertiary/aromatic N) is 4. The Morgan fingerprint density at radius 2 is 2.17 bits per heavy atom. The van der Waals surface area contributed by atoms with Crippen LogP contribution in [0.3, 0.4) is 0 Å². The lowest BCUT2D eigenvalue weighted by Gasteiger charge is -2.15. The molecule has 1 atom stereocenters. The van der Waals surface area contributed by atoms with E-state index in [1.807, 2.05) is 6.07 Å². The van der Waals surface area contributed by atoms with E-state index in [-0.39, 0.29) is 11.3 Å². The molecular weight excluding hydrogens is 154 g/mol. The summed E-state index contributed by atoms with van der Waals surface area (Å²) in [6.45, 7) is 1.79. The van der Waals surface area contributed by atoms with Crippen molar-refractivity contribution in [1.29, 1.82) is 10.5 Å². The minimum absolute atomic E-state index is 0.0295. The van der Waals surface area contributed by atoms with Crippen LogP contribution >= 0.6 is 0 Å². The van der Waals surface area contributed by atoms with E-state index in [4.69, 9.17) is 16.3 Å². The maximum absolute atomic E-state index is 8.68. The zero-order valence-electron chi connectivity index (χ0n) is 6.57. The molecule has 0 aliphatic carbocycles. The highest BCUT2D eigenvalue weighted by molar-refractivity contribution is 5.45. The van der Waals surface area contributed by atoms with Crippen molar-refractivity contribution < 1.29 is 0 Å². The second-order valence-electron chi connectivity index (χ2n) is 2.43. The van der Waals surface area contributed by atoms with Crippen molar-refractivity contribution in [3.05, 3.63) is 11.3 Å². The highest BCUT2D eigenvalue weighted by Crippen LogP contribution is 2.29.